The summed E-state index contributed by atoms with van der Waals surface area (Å²) in [7, 11) is -2.54. The van der Waals surface area contributed by atoms with E-state index in [1.165, 1.54) is 30.0 Å². The van der Waals surface area contributed by atoms with Gasteiger partial charge in [0.25, 0.3) is 5.91 Å². The number of nitrogens with zero attached hydrogens (tertiary/aromatic N) is 2. The summed E-state index contributed by atoms with van der Waals surface area (Å²) in [4.78, 5) is 25.2. The van der Waals surface area contributed by atoms with E-state index in [4.69, 9.17) is 14.2 Å². The van der Waals surface area contributed by atoms with Gasteiger partial charge in [0.15, 0.2) is 11.5 Å². The van der Waals surface area contributed by atoms with E-state index in [1.807, 2.05) is 0 Å². The molecule has 156 valence electrons. The first-order valence-electron chi connectivity index (χ1n) is 8.88. The van der Waals surface area contributed by atoms with Gasteiger partial charge in [-0.2, -0.15) is 0 Å². The molecule has 0 bridgehead atoms. The second kappa shape index (κ2) is 7.38. The highest BCUT2D eigenvalue weighted by atomic mass is 32.2. The van der Waals surface area contributed by atoms with Crippen molar-refractivity contribution in [2.75, 3.05) is 31.0 Å². The standard InChI is InChI=1S/C20H18N2O7S/c1-27-20(24)15-10-21(16-6-4-3-5-14(15)16)19(23)11-22(30(2,25)26)13-7-8-17-18(9-13)29-12-28-17/h3-10H,11-12H2,1-2H3. The van der Waals surface area contributed by atoms with Crippen LogP contribution in [-0.4, -0.2) is 51.6 Å². The third-order valence-corrected chi connectivity index (χ3v) is 5.85. The summed E-state index contributed by atoms with van der Waals surface area (Å²) in [6.45, 7) is -0.431. The van der Waals surface area contributed by atoms with Gasteiger partial charge in [-0.1, -0.05) is 18.2 Å². The van der Waals surface area contributed by atoms with Crippen molar-refractivity contribution in [2.24, 2.45) is 0 Å². The van der Waals surface area contributed by atoms with E-state index in [1.54, 1.807) is 30.3 Å². The zero-order chi connectivity index (χ0) is 21.5. The maximum absolute atomic E-state index is 13.1. The fourth-order valence-corrected chi connectivity index (χ4v) is 4.14. The molecular weight excluding hydrogens is 412 g/mol. The zero-order valence-electron chi connectivity index (χ0n) is 16.2. The quantitative estimate of drug-likeness (QED) is 0.572. The number of anilines is 1. The molecular formula is C20H18N2O7S. The summed E-state index contributed by atoms with van der Waals surface area (Å²) in [6, 6.07) is 11.4. The van der Waals surface area contributed by atoms with Gasteiger partial charge in [0, 0.05) is 17.6 Å². The highest BCUT2D eigenvalue weighted by molar-refractivity contribution is 7.92. The molecule has 30 heavy (non-hydrogen) atoms. The Bertz CT molecular complexity index is 1260. The normalized spacial score (nSPS) is 12.7. The number of para-hydroxylation sites is 1. The average Bonchev–Trinajstić information content (AvgIpc) is 3.34. The molecule has 1 aromatic heterocycles. The molecule has 9 nitrogen and oxygen atoms in total. The number of sulfonamides is 1. The Morgan fingerprint density at radius 3 is 2.60 bits per heavy atom. The predicted octanol–water partition coefficient (Wildman–Crippen LogP) is 2.26. The second-order valence-electron chi connectivity index (χ2n) is 6.62. The van der Waals surface area contributed by atoms with Crippen LogP contribution in [0.15, 0.2) is 48.7 Å². The van der Waals surface area contributed by atoms with E-state index in [0.717, 1.165) is 10.6 Å². The number of aromatic nitrogens is 1. The zero-order valence-corrected chi connectivity index (χ0v) is 17.0. The lowest BCUT2D eigenvalue weighted by atomic mass is 10.2. The van der Waals surface area contributed by atoms with E-state index in [9.17, 15) is 18.0 Å². The third kappa shape index (κ3) is 3.45. The topological polar surface area (TPSA) is 104 Å². The Morgan fingerprint density at radius 2 is 1.87 bits per heavy atom. The molecule has 0 N–H and O–H groups in total. The fraction of sp³-hybridized carbons (Fsp3) is 0.200. The Labute approximate surface area is 172 Å². The van der Waals surface area contributed by atoms with Gasteiger partial charge >= 0.3 is 5.97 Å². The largest absolute Gasteiger partial charge is 0.465 e. The van der Waals surface area contributed by atoms with Crippen molar-refractivity contribution in [1.82, 2.24) is 4.57 Å². The number of fused-ring (bicyclic) bond motifs is 2. The van der Waals surface area contributed by atoms with Crippen LogP contribution in [-0.2, 0) is 14.8 Å². The highest BCUT2D eigenvalue weighted by Gasteiger charge is 2.26. The molecule has 3 aromatic rings. The third-order valence-electron chi connectivity index (χ3n) is 4.71. The van der Waals surface area contributed by atoms with E-state index >= 15 is 0 Å². The molecule has 0 saturated heterocycles. The van der Waals surface area contributed by atoms with E-state index in [0.29, 0.717) is 22.4 Å². The maximum atomic E-state index is 13.1. The van der Waals surface area contributed by atoms with E-state index < -0.39 is 28.4 Å². The number of hydrogen-bond donors (Lipinski definition) is 0. The molecule has 4 rings (SSSR count). The van der Waals surface area contributed by atoms with Crippen LogP contribution >= 0.6 is 0 Å². The van der Waals surface area contributed by atoms with Crippen molar-refractivity contribution in [3.63, 3.8) is 0 Å². The molecule has 0 fully saturated rings. The minimum absolute atomic E-state index is 0.0439. The van der Waals surface area contributed by atoms with Gasteiger partial charge in [-0.15, -0.1) is 0 Å². The molecule has 2 heterocycles. The number of ether oxygens (including phenoxy) is 3. The second-order valence-corrected chi connectivity index (χ2v) is 8.53. The van der Waals surface area contributed by atoms with E-state index in [2.05, 4.69) is 0 Å². The van der Waals surface area contributed by atoms with Crippen LogP contribution in [0, 0.1) is 0 Å². The van der Waals surface area contributed by atoms with Crippen molar-refractivity contribution in [3.8, 4) is 11.5 Å². The smallest absolute Gasteiger partial charge is 0.340 e. The molecule has 1 aliphatic rings. The van der Waals surface area contributed by atoms with Gasteiger partial charge < -0.3 is 14.2 Å². The van der Waals surface area contributed by atoms with Crippen molar-refractivity contribution in [3.05, 3.63) is 54.2 Å². The number of rotatable bonds is 5. The van der Waals surface area contributed by atoms with Gasteiger partial charge in [0.05, 0.1) is 30.1 Å². The fourth-order valence-electron chi connectivity index (χ4n) is 3.30. The van der Waals surface area contributed by atoms with Crippen LogP contribution in [0.5, 0.6) is 11.5 Å². The Morgan fingerprint density at radius 1 is 1.13 bits per heavy atom. The van der Waals surface area contributed by atoms with Crippen LogP contribution < -0.4 is 13.8 Å². The first-order chi connectivity index (χ1) is 14.3. The molecule has 1 aliphatic heterocycles. The first-order valence-corrected chi connectivity index (χ1v) is 10.7. The average molecular weight is 430 g/mol. The van der Waals surface area contributed by atoms with Crippen LogP contribution in [0.2, 0.25) is 0 Å². The predicted molar refractivity (Wildman–Crippen MR) is 109 cm³/mol. The van der Waals surface area contributed by atoms with Crippen molar-refractivity contribution in [1.29, 1.82) is 0 Å². The number of methoxy groups -OCH3 is 1. The van der Waals surface area contributed by atoms with Gasteiger partial charge in [-0.05, 0) is 18.2 Å². The molecule has 2 aromatic carbocycles. The number of carbonyl (C=O) groups is 2. The monoisotopic (exact) mass is 430 g/mol. The minimum atomic E-state index is -3.79. The molecule has 0 amide bonds. The Hall–Kier alpha value is -3.53. The van der Waals surface area contributed by atoms with Crippen LogP contribution in [0.3, 0.4) is 0 Å². The first kappa shape index (κ1) is 19.8. The number of carbonyl (C=O) groups excluding carboxylic acids is 2. The molecule has 0 aliphatic carbocycles. The van der Waals surface area contributed by atoms with Crippen LogP contribution in [0.4, 0.5) is 5.69 Å². The lowest BCUT2D eigenvalue weighted by Gasteiger charge is -2.22. The van der Waals surface area contributed by atoms with Crippen LogP contribution in [0.1, 0.15) is 15.2 Å². The van der Waals surface area contributed by atoms with Gasteiger partial charge in [-0.25, -0.2) is 13.2 Å². The summed E-state index contributed by atoms with van der Waals surface area (Å²) in [5.74, 6) is -0.233. The summed E-state index contributed by atoms with van der Waals surface area (Å²) < 4.78 is 42.5. The number of benzene rings is 2. The van der Waals surface area contributed by atoms with Crippen molar-refractivity contribution in [2.45, 2.75) is 0 Å². The molecule has 10 heteroatoms. The Kier molecular flexibility index (Phi) is 4.86. The summed E-state index contributed by atoms with van der Waals surface area (Å²) >= 11 is 0. The molecule has 0 atom stereocenters. The number of hydrogen-bond acceptors (Lipinski definition) is 7. The summed E-state index contributed by atoms with van der Waals surface area (Å²) in [6.07, 6.45) is 2.37. The van der Waals surface area contributed by atoms with Crippen LogP contribution in [0.25, 0.3) is 10.9 Å². The SMILES string of the molecule is COC(=O)c1cn(C(=O)CN(c2ccc3c(c2)OCO3)S(C)(=O)=O)c2ccccc12. The van der Waals surface area contributed by atoms with Gasteiger partial charge in [-0.3, -0.25) is 13.7 Å². The lowest BCUT2D eigenvalue weighted by molar-refractivity contribution is 0.0603. The summed E-state index contributed by atoms with van der Waals surface area (Å²) in [5, 5.41) is 0.534. The van der Waals surface area contributed by atoms with Gasteiger partial charge in [0.1, 0.15) is 6.54 Å². The lowest BCUT2D eigenvalue weighted by Crippen LogP contribution is -2.36. The minimum Gasteiger partial charge on any atom is -0.465 e. The highest BCUT2D eigenvalue weighted by Crippen LogP contribution is 2.36. The van der Waals surface area contributed by atoms with Crippen molar-refractivity contribution >= 4 is 38.5 Å². The maximum Gasteiger partial charge on any atom is 0.340 e. The van der Waals surface area contributed by atoms with Crippen molar-refractivity contribution < 1.29 is 32.2 Å². The molecule has 0 spiro atoms. The molecule has 0 radical (unpaired) electrons. The summed E-state index contributed by atoms with van der Waals surface area (Å²) in [5.41, 5.74) is 0.956. The molecule has 0 saturated carbocycles. The van der Waals surface area contributed by atoms with E-state index in [-0.39, 0.29) is 18.0 Å². The van der Waals surface area contributed by atoms with Gasteiger partial charge in [0.2, 0.25) is 16.8 Å². The Balaban J connectivity index is 1.73. The molecule has 0 unspecified atom stereocenters. The number of esters is 1.